The monoisotopic (exact) mass is 345 g/mol. The molecule has 25 heavy (non-hydrogen) atoms. The van der Waals surface area contributed by atoms with Gasteiger partial charge in [0.2, 0.25) is 0 Å². The molecule has 2 aliphatic rings. The molecule has 4 heteroatoms. The van der Waals surface area contributed by atoms with Crippen molar-refractivity contribution in [1.82, 2.24) is 14.7 Å². The van der Waals surface area contributed by atoms with Gasteiger partial charge in [-0.15, -0.1) is 0 Å². The van der Waals surface area contributed by atoms with Gasteiger partial charge in [-0.1, -0.05) is 43.7 Å². The highest BCUT2D eigenvalue weighted by molar-refractivity contribution is 5.22. The van der Waals surface area contributed by atoms with Crippen LogP contribution in [0.25, 0.3) is 0 Å². The molecular weight excluding hydrogens is 310 g/mol. The summed E-state index contributed by atoms with van der Waals surface area (Å²) in [5, 5.41) is 0. The van der Waals surface area contributed by atoms with Crippen molar-refractivity contribution < 1.29 is 4.74 Å². The molecule has 2 heterocycles. The second-order valence-corrected chi connectivity index (χ2v) is 8.59. The first-order valence-corrected chi connectivity index (χ1v) is 9.81. The number of nitrogens with zero attached hydrogens (tertiary/aromatic N) is 3. The fourth-order valence-electron chi connectivity index (χ4n) is 4.19. The van der Waals surface area contributed by atoms with Crippen LogP contribution in [0.2, 0.25) is 0 Å². The molecule has 0 atom stereocenters. The van der Waals surface area contributed by atoms with Crippen LogP contribution >= 0.6 is 0 Å². The maximum Gasteiger partial charge on any atom is 0.0594 e. The molecule has 1 aromatic carbocycles. The van der Waals surface area contributed by atoms with Crippen LogP contribution in [0.15, 0.2) is 24.3 Å². The third-order valence-electron chi connectivity index (χ3n) is 5.36. The summed E-state index contributed by atoms with van der Waals surface area (Å²) in [6.07, 6.45) is 0. The highest BCUT2D eigenvalue weighted by Crippen LogP contribution is 2.21. The van der Waals surface area contributed by atoms with Crippen molar-refractivity contribution in [3.8, 4) is 0 Å². The number of rotatable bonds is 6. The molecule has 0 unspecified atom stereocenters. The number of piperazine rings is 1. The van der Waals surface area contributed by atoms with Crippen LogP contribution in [0.3, 0.4) is 0 Å². The summed E-state index contributed by atoms with van der Waals surface area (Å²) in [6.45, 7) is 19.2. The zero-order chi connectivity index (χ0) is 17.7. The lowest BCUT2D eigenvalue weighted by Gasteiger charge is -2.41. The zero-order valence-corrected chi connectivity index (χ0v) is 16.3. The molecule has 3 rings (SSSR count). The van der Waals surface area contributed by atoms with Crippen LogP contribution in [-0.4, -0.2) is 80.3 Å². The van der Waals surface area contributed by atoms with Crippen LogP contribution in [0.5, 0.6) is 0 Å². The first-order valence-electron chi connectivity index (χ1n) is 9.81. The summed E-state index contributed by atoms with van der Waals surface area (Å²) >= 11 is 0. The van der Waals surface area contributed by atoms with E-state index < -0.39 is 0 Å². The fraction of sp³-hybridized carbons (Fsp3) is 0.714. The van der Waals surface area contributed by atoms with Gasteiger partial charge < -0.3 is 9.64 Å². The van der Waals surface area contributed by atoms with Crippen molar-refractivity contribution in [3.05, 3.63) is 35.4 Å². The molecule has 0 spiro atoms. The van der Waals surface area contributed by atoms with Crippen molar-refractivity contribution in [1.29, 1.82) is 0 Å². The molecule has 0 saturated carbocycles. The average molecular weight is 346 g/mol. The molecule has 0 amide bonds. The van der Waals surface area contributed by atoms with Gasteiger partial charge in [-0.25, -0.2) is 0 Å². The van der Waals surface area contributed by atoms with E-state index in [9.17, 15) is 0 Å². The third-order valence-corrected chi connectivity index (χ3v) is 5.36. The van der Waals surface area contributed by atoms with Crippen molar-refractivity contribution in [2.24, 2.45) is 5.41 Å². The minimum atomic E-state index is 0.343. The lowest BCUT2D eigenvalue weighted by Crippen LogP contribution is -2.51. The van der Waals surface area contributed by atoms with Crippen molar-refractivity contribution in [2.75, 3.05) is 65.6 Å². The number of aryl methyl sites for hydroxylation is 1. The van der Waals surface area contributed by atoms with Gasteiger partial charge in [0.1, 0.15) is 0 Å². The molecular formula is C21H35N3O. The molecule has 0 radical (unpaired) electrons. The average Bonchev–Trinajstić information content (AvgIpc) is 2.57. The van der Waals surface area contributed by atoms with E-state index in [0.717, 1.165) is 32.8 Å². The van der Waals surface area contributed by atoms with E-state index in [0.29, 0.717) is 5.41 Å². The van der Waals surface area contributed by atoms with E-state index >= 15 is 0 Å². The summed E-state index contributed by atoms with van der Waals surface area (Å²) in [6, 6.07) is 8.93. The number of hydrogen-bond donors (Lipinski definition) is 0. The highest BCUT2D eigenvalue weighted by Gasteiger charge is 2.27. The zero-order valence-electron chi connectivity index (χ0n) is 16.3. The lowest BCUT2D eigenvalue weighted by molar-refractivity contribution is 0.0108. The summed E-state index contributed by atoms with van der Waals surface area (Å²) < 4.78 is 5.47. The van der Waals surface area contributed by atoms with Gasteiger partial charge in [0.15, 0.2) is 0 Å². The lowest BCUT2D eigenvalue weighted by atomic mass is 9.91. The Hall–Kier alpha value is -0.940. The van der Waals surface area contributed by atoms with Crippen molar-refractivity contribution in [3.63, 3.8) is 0 Å². The minimum Gasteiger partial charge on any atom is -0.379 e. The van der Waals surface area contributed by atoms with E-state index in [1.165, 1.54) is 50.4 Å². The fourth-order valence-corrected chi connectivity index (χ4v) is 4.19. The van der Waals surface area contributed by atoms with Gasteiger partial charge in [-0.3, -0.25) is 9.80 Å². The molecule has 1 aromatic rings. The van der Waals surface area contributed by atoms with Gasteiger partial charge >= 0.3 is 0 Å². The normalized spacial score (nSPS) is 21.6. The quantitative estimate of drug-likeness (QED) is 0.788. The van der Waals surface area contributed by atoms with E-state index in [2.05, 4.69) is 59.7 Å². The van der Waals surface area contributed by atoms with E-state index in [1.54, 1.807) is 0 Å². The van der Waals surface area contributed by atoms with Gasteiger partial charge in [-0.2, -0.15) is 0 Å². The molecule has 0 bridgehead atoms. The Kier molecular flexibility index (Phi) is 6.50. The number of benzene rings is 1. The summed E-state index contributed by atoms with van der Waals surface area (Å²) in [4.78, 5) is 7.82. The second-order valence-electron chi connectivity index (χ2n) is 8.59. The van der Waals surface area contributed by atoms with E-state index in [4.69, 9.17) is 4.74 Å². The number of hydrogen-bond acceptors (Lipinski definition) is 4. The van der Waals surface area contributed by atoms with E-state index in [-0.39, 0.29) is 0 Å². The largest absolute Gasteiger partial charge is 0.379 e. The molecule has 0 aromatic heterocycles. The molecule has 140 valence electrons. The Bertz CT molecular complexity index is 532. The van der Waals surface area contributed by atoms with Crippen LogP contribution in [0.1, 0.15) is 25.0 Å². The number of ether oxygens (including phenoxy) is 1. The third kappa shape index (κ3) is 6.07. The van der Waals surface area contributed by atoms with Crippen LogP contribution in [-0.2, 0) is 11.3 Å². The summed E-state index contributed by atoms with van der Waals surface area (Å²) in [5.41, 5.74) is 3.15. The van der Waals surface area contributed by atoms with Crippen molar-refractivity contribution in [2.45, 2.75) is 27.3 Å². The summed E-state index contributed by atoms with van der Waals surface area (Å²) in [7, 11) is 0. The highest BCUT2D eigenvalue weighted by atomic mass is 16.5. The standard InChI is InChI=1S/C21H35N3O/c1-19-5-4-6-20(15-19)16-22-7-9-23(10-8-22)17-21(2,3)18-24-11-13-25-14-12-24/h4-6,15H,7-14,16-18H2,1-3H3. The first kappa shape index (κ1) is 18.8. The SMILES string of the molecule is Cc1cccc(CN2CCN(CC(C)(C)CN3CCOCC3)CC2)c1. The molecule has 2 aliphatic heterocycles. The van der Waals surface area contributed by atoms with Gasteiger partial charge in [0.25, 0.3) is 0 Å². The minimum absolute atomic E-state index is 0.343. The topological polar surface area (TPSA) is 19.0 Å². The van der Waals surface area contributed by atoms with Gasteiger partial charge in [0.05, 0.1) is 13.2 Å². The Morgan fingerprint density at radius 3 is 2.12 bits per heavy atom. The Labute approximate surface area is 153 Å². The Morgan fingerprint density at radius 2 is 1.48 bits per heavy atom. The molecule has 2 saturated heterocycles. The smallest absolute Gasteiger partial charge is 0.0594 e. The maximum absolute atomic E-state index is 5.47. The number of morpholine rings is 1. The maximum atomic E-state index is 5.47. The molecule has 0 N–H and O–H groups in total. The molecule has 4 nitrogen and oxygen atoms in total. The van der Waals surface area contributed by atoms with Gasteiger partial charge in [-0.05, 0) is 17.9 Å². The van der Waals surface area contributed by atoms with Gasteiger partial charge in [0, 0.05) is 58.9 Å². The first-order chi connectivity index (χ1) is 12.0. The van der Waals surface area contributed by atoms with Crippen LogP contribution in [0.4, 0.5) is 0 Å². The molecule has 2 fully saturated rings. The van der Waals surface area contributed by atoms with E-state index in [1.807, 2.05) is 0 Å². The summed E-state index contributed by atoms with van der Waals surface area (Å²) in [5.74, 6) is 0. The van der Waals surface area contributed by atoms with Crippen LogP contribution < -0.4 is 0 Å². The predicted octanol–water partition coefficient (Wildman–Crippen LogP) is 2.47. The Morgan fingerprint density at radius 1 is 0.880 bits per heavy atom. The van der Waals surface area contributed by atoms with Crippen molar-refractivity contribution >= 4 is 0 Å². The van der Waals surface area contributed by atoms with Crippen LogP contribution in [0, 0.1) is 12.3 Å². The predicted molar refractivity (Wildman–Crippen MR) is 104 cm³/mol. The second kappa shape index (κ2) is 8.63. The Balaban J connectivity index is 1.42. The molecule has 0 aliphatic carbocycles.